The minimum atomic E-state index is -2.41. The Labute approximate surface area is 137 Å². The van der Waals surface area contributed by atoms with Crippen LogP contribution in [0.1, 0.15) is 6.42 Å². The van der Waals surface area contributed by atoms with E-state index in [1.54, 1.807) is 0 Å². The Morgan fingerprint density at radius 3 is 1.50 bits per heavy atom. The third-order valence-corrected chi connectivity index (χ3v) is 1.31. The fourth-order valence-electron chi connectivity index (χ4n) is 0.668. The number of carboxylic acids is 3. The molecule has 1 N–H and O–H groups in total. The summed E-state index contributed by atoms with van der Waals surface area (Å²) in [7, 11) is 0. The van der Waals surface area contributed by atoms with Crippen LogP contribution in [0.3, 0.4) is 0 Å². The molecule has 0 aromatic carbocycles. The van der Waals surface area contributed by atoms with Crippen LogP contribution >= 0.6 is 0 Å². The van der Waals surface area contributed by atoms with Crippen molar-refractivity contribution in [3.8, 4) is 0 Å². The molecule has 0 bridgehead atoms. The zero-order chi connectivity index (χ0) is 10.6. The number of rotatable bonds is 5. The molecule has 0 aliphatic carbocycles. The van der Waals surface area contributed by atoms with Crippen molar-refractivity contribution in [2.75, 3.05) is 0 Å². The van der Waals surface area contributed by atoms with Crippen molar-refractivity contribution in [3.63, 3.8) is 0 Å². The summed E-state index contributed by atoms with van der Waals surface area (Å²) in [6, 6.07) is 0. The molecule has 2 unspecified atom stereocenters. The van der Waals surface area contributed by atoms with E-state index in [0.717, 1.165) is 0 Å². The normalized spacial score (nSPS) is 11.8. The van der Waals surface area contributed by atoms with Gasteiger partial charge in [0.15, 0.2) is 0 Å². The maximum absolute atomic E-state index is 10.1. The van der Waals surface area contributed by atoms with Gasteiger partial charge < -0.3 is 34.8 Å². The first kappa shape index (κ1) is 25.4. The largest absolute Gasteiger partial charge is 1.00 e. The molecular weight excluding hydrogens is 508 g/mol. The van der Waals surface area contributed by atoms with Gasteiger partial charge in [-0.05, 0) is 6.42 Å². The topological polar surface area (TPSA) is 141 Å². The van der Waals surface area contributed by atoms with Crippen molar-refractivity contribution in [1.82, 2.24) is 0 Å². The Morgan fingerprint density at radius 2 is 1.31 bits per heavy atom. The number of hydrogen-bond donors (Lipinski definition) is 1. The number of aliphatic carboxylic acids is 3. The minimum Gasteiger partial charge on any atom is -0.550 e. The van der Waals surface area contributed by atoms with E-state index in [4.69, 9.17) is 5.11 Å². The molecule has 0 amide bonds. The maximum atomic E-state index is 10.1. The molecule has 0 radical (unpaired) electrons. The monoisotopic (exact) mass is 510 g/mol. The van der Waals surface area contributed by atoms with E-state index < -0.39 is 36.4 Å². The first-order valence-corrected chi connectivity index (χ1v) is 3.16. The Kier molecular flexibility index (Phi) is 19.2. The third kappa shape index (κ3) is 9.79. The Bertz CT molecular complexity index is 244. The molecule has 0 heterocycles. The standard InChI is InChI=1S/C6H8O7.3Ag/c7-3(8)1-2(5(10)11)4(9)6(12)13;;;/h2,4,9H,1H2,(H,7,8)(H,10,11)(H,12,13);;;/q;3*+1/p-3. The van der Waals surface area contributed by atoms with E-state index in [-0.39, 0.29) is 67.1 Å². The van der Waals surface area contributed by atoms with Crippen LogP contribution in [0.4, 0.5) is 0 Å². The zero-order valence-electron chi connectivity index (χ0n) is 7.16. The Balaban J connectivity index is -0.000000240. The average molecular weight is 513 g/mol. The van der Waals surface area contributed by atoms with E-state index in [1.807, 2.05) is 0 Å². The number of hydrogen-bond acceptors (Lipinski definition) is 7. The molecule has 16 heavy (non-hydrogen) atoms. The van der Waals surface area contributed by atoms with Crippen LogP contribution in [0.5, 0.6) is 0 Å². The van der Waals surface area contributed by atoms with Gasteiger partial charge in [-0.2, -0.15) is 0 Å². The summed E-state index contributed by atoms with van der Waals surface area (Å²) in [6.07, 6.45) is -3.56. The summed E-state index contributed by atoms with van der Waals surface area (Å²) < 4.78 is 0. The molecule has 0 aromatic heterocycles. The van der Waals surface area contributed by atoms with Crippen LogP contribution in [-0.2, 0) is 81.5 Å². The minimum absolute atomic E-state index is 0. The van der Waals surface area contributed by atoms with Gasteiger partial charge >= 0.3 is 67.1 Å². The van der Waals surface area contributed by atoms with Crippen LogP contribution in [0.2, 0.25) is 0 Å². The van der Waals surface area contributed by atoms with E-state index >= 15 is 0 Å². The van der Waals surface area contributed by atoms with Crippen molar-refractivity contribution < 1.29 is 102 Å². The quantitative estimate of drug-likeness (QED) is 0.363. The molecule has 10 heteroatoms. The van der Waals surface area contributed by atoms with Crippen molar-refractivity contribution in [3.05, 3.63) is 0 Å². The van der Waals surface area contributed by atoms with Crippen LogP contribution in [0.25, 0.3) is 0 Å². The molecular formula is C6H5Ag3O7. The van der Waals surface area contributed by atoms with Gasteiger partial charge in [-0.25, -0.2) is 0 Å². The first-order valence-electron chi connectivity index (χ1n) is 3.16. The maximum Gasteiger partial charge on any atom is 1.00 e. The number of aliphatic hydroxyl groups is 1. The van der Waals surface area contributed by atoms with E-state index in [2.05, 4.69) is 0 Å². The van der Waals surface area contributed by atoms with E-state index in [0.29, 0.717) is 0 Å². The molecule has 104 valence electrons. The van der Waals surface area contributed by atoms with E-state index in [1.165, 1.54) is 0 Å². The molecule has 0 rings (SSSR count). The van der Waals surface area contributed by atoms with Gasteiger partial charge in [0, 0.05) is 17.9 Å². The van der Waals surface area contributed by atoms with Crippen LogP contribution in [-0.4, -0.2) is 29.1 Å². The second kappa shape index (κ2) is 12.1. The molecule has 0 saturated carbocycles. The number of carbonyl (C=O) groups is 3. The number of aliphatic hydroxyl groups excluding tert-OH is 1. The van der Waals surface area contributed by atoms with Crippen LogP contribution < -0.4 is 15.3 Å². The molecule has 7 nitrogen and oxygen atoms in total. The summed E-state index contributed by atoms with van der Waals surface area (Å²) in [5.74, 6) is -7.92. The summed E-state index contributed by atoms with van der Waals surface area (Å²) in [5.41, 5.74) is 0. The van der Waals surface area contributed by atoms with Crippen molar-refractivity contribution in [2.24, 2.45) is 5.92 Å². The number of carboxylic acid groups (broad SMARTS) is 3. The number of carbonyl (C=O) groups excluding carboxylic acids is 3. The van der Waals surface area contributed by atoms with E-state index in [9.17, 15) is 29.7 Å². The fourth-order valence-corrected chi connectivity index (χ4v) is 0.668. The van der Waals surface area contributed by atoms with Gasteiger partial charge in [0.25, 0.3) is 0 Å². The summed E-state index contributed by atoms with van der Waals surface area (Å²) in [4.78, 5) is 30.0. The molecule has 0 saturated heterocycles. The van der Waals surface area contributed by atoms with Crippen molar-refractivity contribution in [2.45, 2.75) is 12.5 Å². The second-order valence-corrected chi connectivity index (χ2v) is 2.27. The molecule has 2 atom stereocenters. The predicted molar refractivity (Wildman–Crippen MR) is 29.1 cm³/mol. The third-order valence-electron chi connectivity index (χ3n) is 1.31. The summed E-state index contributed by atoms with van der Waals surface area (Å²) in [6.45, 7) is 0. The van der Waals surface area contributed by atoms with Crippen LogP contribution in [0, 0.1) is 5.92 Å². The molecule has 0 fully saturated rings. The van der Waals surface area contributed by atoms with Gasteiger partial charge in [-0.15, -0.1) is 0 Å². The van der Waals surface area contributed by atoms with Gasteiger partial charge in [-0.3, -0.25) is 0 Å². The molecule has 0 aliphatic heterocycles. The summed E-state index contributed by atoms with van der Waals surface area (Å²) in [5, 5.41) is 38.6. The summed E-state index contributed by atoms with van der Waals surface area (Å²) >= 11 is 0. The average Bonchev–Trinajstić information content (AvgIpc) is 1.97. The van der Waals surface area contributed by atoms with Crippen molar-refractivity contribution in [1.29, 1.82) is 0 Å². The second-order valence-electron chi connectivity index (χ2n) is 2.27. The molecule has 0 spiro atoms. The molecule has 0 aliphatic rings. The van der Waals surface area contributed by atoms with Crippen LogP contribution in [0.15, 0.2) is 0 Å². The van der Waals surface area contributed by atoms with Gasteiger partial charge in [0.1, 0.15) is 6.10 Å². The molecule has 0 aromatic rings. The van der Waals surface area contributed by atoms with Gasteiger partial charge in [0.2, 0.25) is 0 Å². The SMILES string of the molecule is O=C([O-])CC(C(=O)[O-])C(O)C(=O)[O-].[Ag+].[Ag+].[Ag+]. The smallest absolute Gasteiger partial charge is 0.550 e. The van der Waals surface area contributed by atoms with Crippen molar-refractivity contribution >= 4 is 17.9 Å². The Hall–Kier alpha value is 0.591. The first-order chi connectivity index (χ1) is 5.86. The Morgan fingerprint density at radius 1 is 0.938 bits per heavy atom. The fraction of sp³-hybridized carbons (Fsp3) is 0.500. The van der Waals surface area contributed by atoms with Gasteiger partial charge in [0.05, 0.1) is 5.97 Å². The van der Waals surface area contributed by atoms with Gasteiger partial charge in [-0.1, -0.05) is 0 Å². The zero-order valence-corrected chi connectivity index (χ0v) is 11.6. The predicted octanol–water partition coefficient (Wildman–Crippen LogP) is -5.40.